The van der Waals surface area contributed by atoms with Gasteiger partial charge in [0, 0.05) is 4.47 Å². The van der Waals surface area contributed by atoms with Crippen LogP contribution in [0.3, 0.4) is 0 Å². The zero-order chi connectivity index (χ0) is 18.1. The molecule has 5 heteroatoms. The molecular weight excluding hydrogens is 395 g/mol. The van der Waals surface area contributed by atoms with Gasteiger partial charge in [0.2, 0.25) is 0 Å². The second-order valence-electron chi connectivity index (χ2n) is 6.09. The van der Waals surface area contributed by atoms with Crippen LogP contribution in [-0.4, -0.2) is 14.7 Å². The minimum absolute atomic E-state index is 0.331. The maximum atomic E-state index is 13.2. The lowest BCUT2D eigenvalue weighted by Gasteiger charge is -2.15. The van der Waals surface area contributed by atoms with Gasteiger partial charge in [-0.15, -0.1) is 0 Å². The van der Waals surface area contributed by atoms with Crippen molar-refractivity contribution < 1.29 is 9.50 Å². The Morgan fingerprint density at radius 3 is 2.42 bits per heavy atom. The molecule has 1 atom stereocenters. The van der Waals surface area contributed by atoms with Crippen LogP contribution in [0.1, 0.15) is 23.1 Å². The summed E-state index contributed by atoms with van der Waals surface area (Å²) in [6.45, 7) is 0.565. The largest absolute Gasteiger partial charge is 0.380 e. The summed E-state index contributed by atoms with van der Waals surface area (Å²) in [5, 5.41) is 10.9. The molecule has 0 bridgehead atoms. The Balaban J connectivity index is 1.83. The summed E-state index contributed by atoms with van der Waals surface area (Å²) in [4.78, 5) is 4.64. The number of fused-ring (bicyclic) bond motifs is 1. The molecule has 0 spiro atoms. The maximum Gasteiger partial charge on any atom is 0.143 e. The molecule has 1 aromatic heterocycles. The molecule has 0 saturated heterocycles. The van der Waals surface area contributed by atoms with E-state index in [9.17, 15) is 9.50 Å². The van der Waals surface area contributed by atoms with Crippen LogP contribution in [0, 0.1) is 5.82 Å². The van der Waals surface area contributed by atoms with Gasteiger partial charge >= 0.3 is 0 Å². The first-order valence-corrected chi connectivity index (χ1v) is 9.05. The number of hydrogen-bond donors (Lipinski definition) is 1. The van der Waals surface area contributed by atoms with E-state index < -0.39 is 6.10 Å². The normalized spacial score (nSPS) is 12.4. The van der Waals surface area contributed by atoms with Crippen LogP contribution in [-0.2, 0) is 6.54 Å². The smallest absolute Gasteiger partial charge is 0.143 e. The van der Waals surface area contributed by atoms with E-state index in [-0.39, 0.29) is 5.82 Å². The van der Waals surface area contributed by atoms with Gasteiger partial charge in [-0.25, -0.2) is 9.37 Å². The van der Waals surface area contributed by atoms with Gasteiger partial charge < -0.3 is 9.67 Å². The Morgan fingerprint density at radius 1 is 0.962 bits per heavy atom. The average Bonchev–Trinajstić information content (AvgIpc) is 3.02. The molecule has 26 heavy (non-hydrogen) atoms. The number of aliphatic hydroxyl groups excluding tert-OH is 1. The molecule has 130 valence electrons. The number of rotatable bonds is 4. The summed E-state index contributed by atoms with van der Waals surface area (Å²) in [6.07, 6.45) is -0.939. The van der Waals surface area contributed by atoms with E-state index in [0.29, 0.717) is 17.9 Å². The van der Waals surface area contributed by atoms with Gasteiger partial charge in [-0.3, -0.25) is 0 Å². The predicted octanol–water partition coefficient (Wildman–Crippen LogP) is 5.07. The summed E-state index contributed by atoms with van der Waals surface area (Å²) >= 11 is 3.58. The van der Waals surface area contributed by atoms with E-state index in [1.165, 1.54) is 12.1 Å². The fraction of sp³-hybridized carbons (Fsp3) is 0.0952. The first-order valence-electron chi connectivity index (χ1n) is 8.25. The Labute approximate surface area is 158 Å². The SMILES string of the molecule is OC(c1ccc(F)cc1)c1nc2ccccc2n1Cc1ccccc1Br. The van der Waals surface area contributed by atoms with Crippen molar-refractivity contribution in [3.63, 3.8) is 0 Å². The highest BCUT2D eigenvalue weighted by Crippen LogP contribution is 2.28. The number of aromatic nitrogens is 2. The molecule has 0 fully saturated rings. The van der Waals surface area contributed by atoms with Crippen molar-refractivity contribution >= 4 is 27.0 Å². The topological polar surface area (TPSA) is 38.1 Å². The van der Waals surface area contributed by atoms with E-state index in [0.717, 1.165) is 21.1 Å². The van der Waals surface area contributed by atoms with Crippen LogP contribution in [0.4, 0.5) is 4.39 Å². The standard InChI is InChI=1S/C21H16BrFN2O/c22-17-6-2-1-5-15(17)13-25-19-8-4-3-7-18(19)24-21(25)20(26)14-9-11-16(23)12-10-14/h1-12,20,26H,13H2. The summed E-state index contributed by atoms with van der Waals surface area (Å²) in [5.74, 6) is 0.205. The fourth-order valence-electron chi connectivity index (χ4n) is 3.06. The van der Waals surface area contributed by atoms with Crippen LogP contribution in [0.25, 0.3) is 11.0 Å². The van der Waals surface area contributed by atoms with Crippen molar-refractivity contribution in [3.8, 4) is 0 Å². The minimum atomic E-state index is -0.939. The zero-order valence-corrected chi connectivity index (χ0v) is 15.4. The first-order chi connectivity index (χ1) is 12.6. The molecule has 0 saturated carbocycles. The Morgan fingerprint density at radius 2 is 1.65 bits per heavy atom. The molecular formula is C21H16BrFN2O. The molecule has 0 aliphatic carbocycles. The van der Waals surface area contributed by atoms with Crippen molar-refractivity contribution in [2.45, 2.75) is 12.6 Å². The predicted molar refractivity (Wildman–Crippen MR) is 103 cm³/mol. The van der Waals surface area contributed by atoms with Gasteiger partial charge in [-0.1, -0.05) is 58.4 Å². The molecule has 0 aliphatic rings. The number of aliphatic hydroxyl groups is 1. The van der Waals surface area contributed by atoms with Crippen molar-refractivity contribution in [2.24, 2.45) is 0 Å². The molecule has 1 heterocycles. The highest BCUT2D eigenvalue weighted by atomic mass is 79.9. The molecule has 1 N–H and O–H groups in total. The Bertz CT molecular complexity index is 1060. The number of nitrogens with zero attached hydrogens (tertiary/aromatic N) is 2. The summed E-state index contributed by atoms with van der Waals surface area (Å²) in [6, 6.07) is 21.6. The molecule has 0 amide bonds. The summed E-state index contributed by atoms with van der Waals surface area (Å²) in [5.41, 5.74) is 3.45. The van der Waals surface area contributed by atoms with Crippen LogP contribution in [0.5, 0.6) is 0 Å². The van der Waals surface area contributed by atoms with E-state index in [2.05, 4.69) is 20.9 Å². The molecule has 3 nitrogen and oxygen atoms in total. The maximum absolute atomic E-state index is 13.2. The highest BCUT2D eigenvalue weighted by molar-refractivity contribution is 9.10. The molecule has 1 unspecified atom stereocenters. The van der Waals surface area contributed by atoms with Crippen LogP contribution in [0.2, 0.25) is 0 Å². The van der Waals surface area contributed by atoms with Gasteiger partial charge in [0.15, 0.2) is 0 Å². The van der Waals surface area contributed by atoms with E-state index >= 15 is 0 Å². The van der Waals surface area contributed by atoms with Crippen molar-refractivity contribution in [1.82, 2.24) is 9.55 Å². The lowest BCUT2D eigenvalue weighted by Crippen LogP contribution is -2.11. The quantitative estimate of drug-likeness (QED) is 0.509. The number of hydrogen-bond acceptors (Lipinski definition) is 2. The molecule has 0 aliphatic heterocycles. The third kappa shape index (κ3) is 3.16. The number of para-hydroxylation sites is 2. The van der Waals surface area contributed by atoms with Gasteiger partial charge in [-0.05, 0) is 41.5 Å². The van der Waals surface area contributed by atoms with Gasteiger partial charge in [0.1, 0.15) is 17.7 Å². The number of imidazole rings is 1. The van der Waals surface area contributed by atoms with E-state index in [1.54, 1.807) is 12.1 Å². The molecule has 4 aromatic rings. The summed E-state index contributed by atoms with van der Waals surface area (Å²) < 4.78 is 16.2. The monoisotopic (exact) mass is 410 g/mol. The van der Waals surface area contributed by atoms with Crippen molar-refractivity contribution in [1.29, 1.82) is 0 Å². The molecule has 4 rings (SSSR count). The fourth-order valence-corrected chi connectivity index (χ4v) is 3.47. The second-order valence-corrected chi connectivity index (χ2v) is 6.94. The lowest BCUT2D eigenvalue weighted by molar-refractivity contribution is 0.206. The number of halogens is 2. The third-order valence-corrected chi connectivity index (χ3v) is 5.17. The van der Waals surface area contributed by atoms with Gasteiger partial charge in [-0.2, -0.15) is 0 Å². The average molecular weight is 411 g/mol. The van der Waals surface area contributed by atoms with Gasteiger partial charge in [0.25, 0.3) is 0 Å². The highest BCUT2D eigenvalue weighted by Gasteiger charge is 2.20. The third-order valence-electron chi connectivity index (χ3n) is 4.40. The Hall–Kier alpha value is -2.50. The van der Waals surface area contributed by atoms with Crippen LogP contribution in [0.15, 0.2) is 77.3 Å². The zero-order valence-electron chi connectivity index (χ0n) is 13.8. The first kappa shape index (κ1) is 16.9. The van der Waals surface area contributed by atoms with E-state index in [4.69, 9.17) is 0 Å². The van der Waals surface area contributed by atoms with Crippen molar-refractivity contribution in [3.05, 3.63) is 100 Å². The Kier molecular flexibility index (Phi) is 4.57. The summed E-state index contributed by atoms with van der Waals surface area (Å²) in [7, 11) is 0. The number of benzene rings is 3. The second kappa shape index (κ2) is 7.02. The van der Waals surface area contributed by atoms with Crippen molar-refractivity contribution in [2.75, 3.05) is 0 Å². The minimum Gasteiger partial charge on any atom is -0.380 e. The lowest BCUT2D eigenvalue weighted by atomic mass is 10.1. The van der Waals surface area contributed by atoms with Gasteiger partial charge in [0.05, 0.1) is 17.6 Å². The van der Waals surface area contributed by atoms with Crippen LogP contribution < -0.4 is 0 Å². The van der Waals surface area contributed by atoms with Crippen LogP contribution >= 0.6 is 15.9 Å². The van der Waals surface area contributed by atoms with E-state index in [1.807, 2.05) is 53.1 Å². The molecule has 3 aromatic carbocycles. The molecule has 0 radical (unpaired) electrons.